The average molecular weight is 347 g/mol. The van der Waals surface area contributed by atoms with Gasteiger partial charge in [0.15, 0.2) is 5.82 Å². The Hall–Kier alpha value is -2.61. The maximum absolute atomic E-state index is 12.4. The minimum absolute atomic E-state index is 0.157. The summed E-state index contributed by atoms with van der Waals surface area (Å²) in [6.45, 7) is 1.58. The fourth-order valence-electron chi connectivity index (χ4n) is 2.70. The van der Waals surface area contributed by atoms with Crippen molar-refractivity contribution in [3.63, 3.8) is 0 Å². The predicted molar refractivity (Wildman–Crippen MR) is 87.8 cm³/mol. The van der Waals surface area contributed by atoms with Gasteiger partial charge in [-0.2, -0.15) is 4.98 Å². The molecule has 0 atom stereocenters. The third-order valence-corrected chi connectivity index (χ3v) is 4.12. The topological polar surface area (TPSA) is 95.7 Å². The van der Waals surface area contributed by atoms with Gasteiger partial charge in [0.2, 0.25) is 5.89 Å². The summed E-state index contributed by atoms with van der Waals surface area (Å²) in [6.07, 6.45) is 1.77. The van der Waals surface area contributed by atoms with Gasteiger partial charge in [0.25, 0.3) is 5.91 Å². The number of hydrogen-bond acceptors (Lipinski definition) is 7. The fourth-order valence-corrected chi connectivity index (χ4v) is 2.70. The van der Waals surface area contributed by atoms with Crippen LogP contribution < -0.4 is 14.8 Å². The van der Waals surface area contributed by atoms with E-state index >= 15 is 0 Å². The largest absolute Gasteiger partial charge is 0.497 e. The van der Waals surface area contributed by atoms with Crippen LogP contribution in [0.1, 0.15) is 40.8 Å². The molecule has 1 amide bonds. The summed E-state index contributed by atoms with van der Waals surface area (Å²) in [5.74, 6) is 2.07. The van der Waals surface area contributed by atoms with E-state index < -0.39 is 0 Å². The summed E-state index contributed by atoms with van der Waals surface area (Å²) >= 11 is 0. The molecule has 0 saturated carbocycles. The zero-order valence-corrected chi connectivity index (χ0v) is 14.3. The monoisotopic (exact) mass is 347 g/mol. The second-order valence-corrected chi connectivity index (χ2v) is 5.68. The van der Waals surface area contributed by atoms with Crippen molar-refractivity contribution in [2.75, 3.05) is 27.4 Å². The van der Waals surface area contributed by atoms with E-state index in [2.05, 4.69) is 15.5 Å². The van der Waals surface area contributed by atoms with Gasteiger partial charge in [-0.1, -0.05) is 5.16 Å². The highest BCUT2D eigenvalue weighted by Crippen LogP contribution is 2.25. The molecule has 0 radical (unpaired) electrons. The third kappa shape index (κ3) is 4.08. The van der Waals surface area contributed by atoms with Crippen LogP contribution in [-0.2, 0) is 11.3 Å². The number of aromatic nitrogens is 2. The lowest BCUT2D eigenvalue weighted by Crippen LogP contribution is -2.23. The first-order chi connectivity index (χ1) is 12.2. The number of nitrogens with one attached hydrogen (secondary N) is 1. The Kier molecular flexibility index (Phi) is 5.49. The average Bonchev–Trinajstić information content (AvgIpc) is 3.15. The van der Waals surface area contributed by atoms with E-state index in [0.29, 0.717) is 42.0 Å². The number of amides is 1. The minimum atomic E-state index is -0.287. The lowest BCUT2D eigenvalue weighted by molar-refractivity contribution is 0.0830. The highest BCUT2D eigenvalue weighted by Gasteiger charge is 2.21. The van der Waals surface area contributed by atoms with E-state index in [1.165, 1.54) is 7.11 Å². The first kappa shape index (κ1) is 17.2. The first-order valence-corrected chi connectivity index (χ1v) is 8.11. The Morgan fingerprint density at radius 2 is 2.08 bits per heavy atom. The van der Waals surface area contributed by atoms with Crippen LogP contribution in [-0.4, -0.2) is 43.5 Å². The molecule has 8 heteroatoms. The summed E-state index contributed by atoms with van der Waals surface area (Å²) < 4.78 is 20.9. The standard InChI is InChI=1S/C17H21N3O5/c1-22-12-3-4-13(14(9-12)23-2)17(21)18-10-15-19-16(20-25-15)11-5-7-24-8-6-11/h3-4,9,11H,5-8,10H2,1-2H3,(H,18,21). The Bertz CT molecular complexity index is 725. The zero-order valence-electron chi connectivity index (χ0n) is 14.3. The summed E-state index contributed by atoms with van der Waals surface area (Å²) in [7, 11) is 3.06. The highest BCUT2D eigenvalue weighted by molar-refractivity contribution is 5.97. The smallest absolute Gasteiger partial charge is 0.255 e. The molecule has 0 aliphatic carbocycles. The van der Waals surface area contributed by atoms with E-state index in [0.717, 1.165) is 12.8 Å². The fraction of sp³-hybridized carbons (Fsp3) is 0.471. The van der Waals surface area contributed by atoms with Gasteiger partial charge in [0.1, 0.15) is 11.5 Å². The van der Waals surface area contributed by atoms with E-state index in [1.54, 1.807) is 25.3 Å². The summed E-state index contributed by atoms with van der Waals surface area (Å²) in [5.41, 5.74) is 0.410. The van der Waals surface area contributed by atoms with Crippen LogP contribution in [0.15, 0.2) is 22.7 Å². The van der Waals surface area contributed by atoms with Crippen LogP contribution in [0.3, 0.4) is 0 Å². The minimum Gasteiger partial charge on any atom is -0.497 e. The van der Waals surface area contributed by atoms with Crippen molar-refractivity contribution in [3.05, 3.63) is 35.5 Å². The molecule has 3 rings (SSSR count). The summed E-state index contributed by atoms with van der Waals surface area (Å²) in [5, 5.41) is 6.78. The predicted octanol–water partition coefficient (Wildman–Crippen LogP) is 1.91. The summed E-state index contributed by atoms with van der Waals surface area (Å²) in [6, 6.07) is 5.01. The summed E-state index contributed by atoms with van der Waals surface area (Å²) in [4.78, 5) is 16.7. The van der Waals surface area contributed by atoms with Gasteiger partial charge >= 0.3 is 0 Å². The van der Waals surface area contributed by atoms with Crippen molar-refractivity contribution in [1.82, 2.24) is 15.5 Å². The molecule has 1 aliphatic rings. The van der Waals surface area contributed by atoms with Gasteiger partial charge in [-0.05, 0) is 25.0 Å². The molecule has 25 heavy (non-hydrogen) atoms. The van der Waals surface area contributed by atoms with Gasteiger partial charge in [-0.3, -0.25) is 4.79 Å². The van der Waals surface area contributed by atoms with Crippen LogP contribution in [0.25, 0.3) is 0 Å². The van der Waals surface area contributed by atoms with Crippen LogP contribution in [0.5, 0.6) is 11.5 Å². The molecular formula is C17H21N3O5. The molecule has 1 aromatic heterocycles. The molecule has 1 fully saturated rings. The van der Waals surface area contributed by atoms with Gasteiger partial charge in [0.05, 0.1) is 26.3 Å². The lowest BCUT2D eigenvalue weighted by Gasteiger charge is -2.18. The molecular weight excluding hydrogens is 326 g/mol. The van der Waals surface area contributed by atoms with Crippen molar-refractivity contribution in [2.24, 2.45) is 0 Å². The molecule has 2 aromatic rings. The van der Waals surface area contributed by atoms with Crippen molar-refractivity contribution in [3.8, 4) is 11.5 Å². The number of hydrogen-bond donors (Lipinski definition) is 1. The SMILES string of the molecule is COc1ccc(C(=O)NCc2nc(C3CCOCC3)no2)c(OC)c1. The lowest BCUT2D eigenvalue weighted by atomic mass is 10.00. The van der Waals surface area contributed by atoms with Crippen LogP contribution in [0, 0.1) is 0 Å². The third-order valence-electron chi connectivity index (χ3n) is 4.12. The Morgan fingerprint density at radius 1 is 1.28 bits per heavy atom. The zero-order chi connectivity index (χ0) is 17.6. The van der Waals surface area contributed by atoms with Crippen LogP contribution in [0.4, 0.5) is 0 Å². The number of benzene rings is 1. The van der Waals surface area contributed by atoms with E-state index in [-0.39, 0.29) is 18.4 Å². The molecule has 1 N–H and O–H groups in total. The van der Waals surface area contributed by atoms with Crippen molar-refractivity contribution in [2.45, 2.75) is 25.3 Å². The number of carbonyl (C=O) groups is 1. The number of nitrogens with zero attached hydrogens (tertiary/aromatic N) is 2. The van der Waals surface area contributed by atoms with Crippen LogP contribution in [0.2, 0.25) is 0 Å². The van der Waals surface area contributed by atoms with Gasteiger partial charge in [-0.25, -0.2) is 0 Å². The second-order valence-electron chi connectivity index (χ2n) is 5.68. The number of rotatable bonds is 6. The number of methoxy groups -OCH3 is 2. The highest BCUT2D eigenvalue weighted by atomic mass is 16.5. The Morgan fingerprint density at radius 3 is 2.80 bits per heavy atom. The molecule has 2 heterocycles. The second kappa shape index (κ2) is 7.98. The van der Waals surface area contributed by atoms with E-state index in [1.807, 2.05) is 0 Å². The van der Waals surface area contributed by atoms with E-state index in [9.17, 15) is 4.79 Å². The Labute approximate surface area is 145 Å². The molecule has 0 spiro atoms. The van der Waals surface area contributed by atoms with Crippen LogP contribution >= 0.6 is 0 Å². The van der Waals surface area contributed by atoms with Gasteiger partial charge < -0.3 is 24.1 Å². The van der Waals surface area contributed by atoms with Crippen molar-refractivity contribution in [1.29, 1.82) is 0 Å². The first-order valence-electron chi connectivity index (χ1n) is 8.11. The Balaban J connectivity index is 1.61. The van der Waals surface area contributed by atoms with Crippen molar-refractivity contribution < 1.29 is 23.5 Å². The normalized spacial score (nSPS) is 15.0. The maximum atomic E-state index is 12.4. The van der Waals surface area contributed by atoms with Crippen molar-refractivity contribution >= 4 is 5.91 Å². The molecule has 8 nitrogen and oxygen atoms in total. The maximum Gasteiger partial charge on any atom is 0.255 e. The van der Waals surface area contributed by atoms with Gasteiger partial charge in [0, 0.05) is 25.2 Å². The molecule has 0 bridgehead atoms. The number of ether oxygens (including phenoxy) is 3. The quantitative estimate of drug-likeness (QED) is 0.852. The van der Waals surface area contributed by atoms with E-state index in [4.69, 9.17) is 18.7 Å². The molecule has 0 unspecified atom stereocenters. The molecule has 1 saturated heterocycles. The van der Waals surface area contributed by atoms with Gasteiger partial charge in [-0.15, -0.1) is 0 Å². The molecule has 134 valence electrons. The molecule has 1 aromatic carbocycles. The molecule has 1 aliphatic heterocycles. The number of carbonyl (C=O) groups excluding carboxylic acids is 1.